The topological polar surface area (TPSA) is 72.0 Å². The SMILES string of the molecule is Cc1cc(=O)[nH]c(SCc2ccc(C(=O)OC(C)C)cc2)n1. The Labute approximate surface area is 133 Å². The minimum Gasteiger partial charge on any atom is -0.459 e. The molecule has 22 heavy (non-hydrogen) atoms. The Balaban J connectivity index is 1.99. The molecule has 6 heteroatoms. The molecule has 0 spiro atoms. The Morgan fingerprint density at radius 2 is 2.00 bits per heavy atom. The number of H-pyrrole nitrogens is 1. The first kappa shape index (κ1) is 16.3. The van der Waals surface area contributed by atoms with Crippen molar-refractivity contribution in [2.24, 2.45) is 0 Å². The summed E-state index contributed by atoms with van der Waals surface area (Å²) in [6.07, 6.45) is -0.132. The number of hydrogen-bond donors (Lipinski definition) is 1. The molecule has 1 N–H and O–H groups in total. The fourth-order valence-corrected chi connectivity index (χ4v) is 2.67. The molecule has 1 heterocycles. The lowest BCUT2D eigenvalue weighted by molar-refractivity contribution is 0.0378. The van der Waals surface area contributed by atoms with E-state index in [2.05, 4.69) is 9.97 Å². The molecule has 5 nitrogen and oxygen atoms in total. The van der Waals surface area contributed by atoms with Crippen LogP contribution in [-0.4, -0.2) is 22.0 Å². The molecule has 2 rings (SSSR count). The monoisotopic (exact) mass is 318 g/mol. The molecule has 1 aromatic heterocycles. The van der Waals surface area contributed by atoms with Crippen LogP contribution >= 0.6 is 11.8 Å². The maximum Gasteiger partial charge on any atom is 0.338 e. The number of nitrogens with zero attached hydrogens (tertiary/aromatic N) is 1. The van der Waals surface area contributed by atoms with E-state index in [9.17, 15) is 9.59 Å². The smallest absolute Gasteiger partial charge is 0.338 e. The average Bonchev–Trinajstić information content (AvgIpc) is 2.44. The van der Waals surface area contributed by atoms with E-state index in [0.29, 0.717) is 22.2 Å². The molecule has 0 amide bonds. The number of aromatic nitrogens is 2. The van der Waals surface area contributed by atoms with Crippen molar-refractivity contribution in [2.75, 3.05) is 0 Å². The third kappa shape index (κ3) is 4.73. The molecule has 116 valence electrons. The highest BCUT2D eigenvalue weighted by atomic mass is 32.2. The lowest BCUT2D eigenvalue weighted by atomic mass is 10.1. The van der Waals surface area contributed by atoms with Crippen LogP contribution in [0.25, 0.3) is 0 Å². The molecule has 0 radical (unpaired) electrons. The Morgan fingerprint density at radius 3 is 2.59 bits per heavy atom. The fraction of sp³-hybridized carbons (Fsp3) is 0.312. The zero-order chi connectivity index (χ0) is 16.1. The number of aryl methyl sites for hydroxylation is 1. The molecule has 0 aliphatic heterocycles. The van der Waals surface area contributed by atoms with Gasteiger partial charge in [0.2, 0.25) is 0 Å². The van der Waals surface area contributed by atoms with Crippen LogP contribution in [0.3, 0.4) is 0 Å². The van der Waals surface area contributed by atoms with Gasteiger partial charge in [-0.2, -0.15) is 0 Å². The highest BCUT2D eigenvalue weighted by molar-refractivity contribution is 7.98. The van der Waals surface area contributed by atoms with Crippen LogP contribution in [-0.2, 0) is 10.5 Å². The van der Waals surface area contributed by atoms with E-state index in [-0.39, 0.29) is 17.6 Å². The van der Waals surface area contributed by atoms with Crippen LogP contribution in [0.1, 0.15) is 35.5 Å². The number of esters is 1. The maximum atomic E-state index is 11.7. The molecule has 1 aromatic carbocycles. The zero-order valence-electron chi connectivity index (χ0n) is 12.8. The Morgan fingerprint density at radius 1 is 1.32 bits per heavy atom. The molecule has 0 fully saturated rings. The number of benzene rings is 1. The van der Waals surface area contributed by atoms with E-state index in [1.54, 1.807) is 19.1 Å². The predicted octanol–water partition coefficient (Wildman–Crippen LogP) is 2.94. The van der Waals surface area contributed by atoms with Gasteiger partial charge in [0.15, 0.2) is 5.16 Å². The standard InChI is InChI=1S/C16H18N2O3S/c1-10(2)21-15(20)13-6-4-12(5-7-13)9-22-16-17-11(3)8-14(19)18-16/h4-8,10H,9H2,1-3H3,(H,17,18,19). The Bertz CT molecular complexity index is 708. The highest BCUT2D eigenvalue weighted by Crippen LogP contribution is 2.19. The van der Waals surface area contributed by atoms with Crippen molar-refractivity contribution in [3.63, 3.8) is 0 Å². The molecule has 0 bridgehead atoms. The third-order valence-corrected chi connectivity index (χ3v) is 3.70. The number of hydrogen-bond acceptors (Lipinski definition) is 5. The quantitative estimate of drug-likeness (QED) is 0.521. The van der Waals surface area contributed by atoms with Crippen molar-refractivity contribution in [1.82, 2.24) is 9.97 Å². The lowest BCUT2D eigenvalue weighted by Gasteiger charge is -2.08. The minimum absolute atomic E-state index is 0.132. The van der Waals surface area contributed by atoms with Crippen molar-refractivity contribution in [1.29, 1.82) is 0 Å². The van der Waals surface area contributed by atoms with E-state index >= 15 is 0 Å². The lowest BCUT2D eigenvalue weighted by Crippen LogP contribution is -2.11. The first-order valence-electron chi connectivity index (χ1n) is 6.95. The van der Waals surface area contributed by atoms with Gasteiger partial charge < -0.3 is 9.72 Å². The summed E-state index contributed by atoms with van der Waals surface area (Å²) in [6, 6.07) is 8.69. The summed E-state index contributed by atoms with van der Waals surface area (Å²) >= 11 is 1.44. The summed E-state index contributed by atoms with van der Waals surface area (Å²) < 4.78 is 5.14. The number of carbonyl (C=O) groups is 1. The van der Waals surface area contributed by atoms with Crippen molar-refractivity contribution in [3.8, 4) is 0 Å². The first-order chi connectivity index (χ1) is 10.4. The van der Waals surface area contributed by atoms with E-state index in [0.717, 1.165) is 5.56 Å². The van der Waals surface area contributed by atoms with Gasteiger partial charge in [-0.1, -0.05) is 23.9 Å². The normalized spacial score (nSPS) is 10.7. The third-order valence-electron chi connectivity index (χ3n) is 2.76. The van der Waals surface area contributed by atoms with Gasteiger partial charge in [-0.05, 0) is 38.5 Å². The summed E-state index contributed by atoms with van der Waals surface area (Å²) in [5.74, 6) is 0.338. The molecular formula is C16H18N2O3S. The maximum absolute atomic E-state index is 11.7. The molecule has 0 saturated carbocycles. The van der Waals surface area contributed by atoms with E-state index in [1.807, 2.05) is 26.0 Å². The van der Waals surface area contributed by atoms with Crippen LogP contribution in [0.5, 0.6) is 0 Å². The van der Waals surface area contributed by atoms with Gasteiger partial charge in [0.05, 0.1) is 11.7 Å². The van der Waals surface area contributed by atoms with E-state index < -0.39 is 0 Å². The summed E-state index contributed by atoms with van der Waals surface area (Å²) in [7, 11) is 0. The number of aromatic amines is 1. The number of rotatable bonds is 5. The number of ether oxygens (including phenoxy) is 1. The van der Waals surface area contributed by atoms with Gasteiger partial charge >= 0.3 is 5.97 Å². The van der Waals surface area contributed by atoms with Gasteiger partial charge in [-0.25, -0.2) is 9.78 Å². The predicted molar refractivity (Wildman–Crippen MR) is 86.1 cm³/mol. The van der Waals surface area contributed by atoms with Crippen LogP contribution < -0.4 is 5.56 Å². The van der Waals surface area contributed by atoms with Crippen molar-refractivity contribution >= 4 is 17.7 Å². The van der Waals surface area contributed by atoms with Crippen LogP contribution in [0.15, 0.2) is 40.3 Å². The van der Waals surface area contributed by atoms with Crippen molar-refractivity contribution in [3.05, 3.63) is 57.5 Å². The first-order valence-corrected chi connectivity index (χ1v) is 7.93. The average molecular weight is 318 g/mol. The molecule has 0 unspecified atom stereocenters. The highest BCUT2D eigenvalue weighted by Gasteiger charge is 2.09. The summed E-state index contributed by atoms with van der Waals surface area (Å²) in [5, 5.41) is 0.591. The van der Waals surface area contributed by atoms with Gasteiger partial charge in [-0.3, -0.25) is 4.79 Å². The summed E-state index contributed by atoms with van der Waals surface area (Å²) in [5.41, 5.74) is 2.11. The molecule has 0 saturated heterocycles. The van der Waals surface area contributed by atoms with Crippen LogP contribution in [0.4, 0.5) is 0 Å². The largest absolute Gasteiger partial charge is 0.459 e. The van der Waals surface area contributed by atoms with E-state index in [1.165, 1.54) is 17.8 Å². The molecule has 0 aliphatic carbocycles. The number of carbonyl (C=O) groups excluding carboxylic acids is 1. The second-order valence-electron chi connectivity index (χ2n) is 5.13. The second kappa shape index (κ2) is 7.26. The number of thioether (sulfide) groups is 1. The van der Waals surface area contributed by atoms with Crippen LogP contribution in [0.2, 0.25) is 0 Å². The Kier molecular flexibility index (Phi) is 5.38. The van der Waals surface area contributed by atoms with Gasteiger partial charge in [0.1, 0.15) is 0 Å². The summed E-state index contributed by atoms with van der Waals surface area (Å²) in [4.78, 5) is 30.1. The molecule has 2 aromatic rings. The van der Waals surface area contributed by atoms with Crippen molar-refractivity contribution in [2.45, 2.75) is 37.8 Å². The second-order valence-corrected chi connectivity index (χ2v) is 6.10. The summed E-state index contributed by atoms with van der Waals surface area (Å²) in [6.45, 7) is 5.42. The van der Waals surface area contributed by atoms with E-state index in [4.69, 9.17) is 4.74 Å². The number of nitrogens with one attached hydrogen (secondary N) is 1. The van der Waals surface area contributed by atoms with Gasteiger partial charge in [0, 0.05) is 17.5 Å². The molecular weight excluding hydrogens is 300 g/mol. The molecule has 0 aliphatic rings. The molecule has 0 atom stereocenters. The minimum atomic E-state index is -0.320. The van der Waals surface area contributed by atoms with Crippen molar-refractivity contribution < 1.29 is 9.53 Å². The van der Waals surface area contributed by atoms with Crippen LogP contribution in [0, 0.1) is 6.92 Å². The fourth-order valence-electron chi connectivity index (χ4n) is 1.79. The van der Waals surface area contributed by atoms with Gasteiger partial charge in [-0.15, -0.1) is 0 Å². The Hall–Kier alpha value is -2.08. The van der Waals surface area contributed by atoms with Gasteiger partial charge in [0.25, 0.3) is 5.56 Å². The zero-order valence-corrected chi connectivity index (χ0v) is 13.6.